The third-order valence-electron chi connectivity index (χ3n) is 2.80. The number of carbonyl (C=O) groups is 1. The highest BCUT2D eigenvalue weighted by Gasteiger charge is 2.10. The van der Waals surface area contributed by atoms with E-state index in [2.05, 4.69) is 15.3 Å². The van der Waals surface area contributed by atoms with Gasteiger partial charge in [-0.1, -0.05) is 24.3 Å². The van der Waals surface area contributed by atoms with Crippen molar-refractivity contribution in [2.24, 2.45) is 0 Å². The molecule has 0 aliphatic carbocycles. The Hall–Kier alpha value is -2.82. The summed E-state index contributed by atoms with van der Waals surface area (Å²) in [6.45, 7) is 0. The number of aromatic nitrogens is 2. The average Bonchev–Trinajstić information content (AvgIpc) is 2.81. The minimum Gasteiger partial charge on any atom is -0.478 e. The fourth-order valence-corrected chi connectivity index (χ4v) is 1.92. The molecule has 0 aliphatic heterocycles. The van der Waals surface area contributed by atoms with Crippen LogP contribution in [-0.4, -0.2) is 21.0 Å². The molecule has 0 fully saturated rings. The molecule has 5 heteroatoms. The summed E-state index contributed by atoms with van der Waals surface area (Å²) in [5.74, 6) is -0.450. The van der Waals surface area contributed by atoms with E-state index >= 15 is 0 Å². The number of H-pyrrole nitrogens is 1. The van der Waals surface area contributed by atoms with Gasteiger partial charge in [-0.05, 0) is 24.3 Å². The Bertz CT molecular complexity index is 716. The molecule has 5 nitrogen and oxygen atoms in total. The van der Waals surface area contributed by atoms with Gasteiger partial charge in [-0.25, -0.2) is 9.78 Å². The van der Waals surface area contributed by atoms with Crippen molar-refractivity contribution in [3.63, 3.8) is 0 Å². The van der Waals surface area contributed by atoms with Crippen LogP contribution in [0, 0.1) is 0 Å². The zero-order valence-electron chi connectivity index (χ0n) is 9.92. The quantitative estimate of drug-likeness (QED) is 0.670. The first-order valence-corrected chi connectivity index (χ1v) is 5.78. The smallest absolute Gasteiger partial charge is 0.337 e. The van der Waals surface area contributed by atoms with Gasteiger partial charge in [-0.3, -0.25) is 0 Å². The molecule has 0 amide bonds. The third kappa shape index (κ3) is 2.13. The average molecular weight is 253 g/mol. The molecule has 0 saturated heterocycles. The van der Waals surface area contributed by atoms with E-state index in [0.29, 0.717) is 11.6 Å². The fraction of sp³-hybridized carbons (Fsp3) is 0. The second-order valence-electron chi connectivity index (χ2n) is 4.08. The number of hydrogen-bond acceptors (Lipinski definition) is 3. The van der Waals surface area contributed by atoms with E-state index in [0.717, 1.165) is 11.0 Å². The maximum Gasteiger partial charge on any atom is 0.337 e. The Morgan fingerprint density at radius 1 is 1.11 bits per heavy atom. The molecule has 94 valence electrons. The molecule has 0 unspecified atom stereocenters. The van der Waals surface area contributed by atoms with E-state index in [-0.39, 0.29) is 5.56 Å². The van der Waals surface area contributed by atoms with Gasteiger partial charge in [-0.15, -0.1) is 0 Å². The van der Waals surface area contributed by atoms with Gasteiger partial charge in [0.25, 0.3) is 0 Å². The summed E-state index contributed by atoms with van der Waals surface area (Å²) < 4.78 is 0. The lowest BCUT2D eigenvalue weighted by molar-refractivity contribution is 0.0698. The maximum atomic E-state index is 11.1. The molecule has 3 rings (SSSR count). The van der Waals surface area contributed by atoms with Gasteiger partial charge >= 0.3 is 5.97 Å². The lowest BCUT2D eigenvalue weighted by Crippen LogP contribution is -2.02. The van der Waals surface area contributed by atoms with E-state index in [1.165, 1.54) is 0 Å². The van der Waals surface area contributed by atoms with Crippen molar-refractivity contribution in [1.29, 1.82) is 0 Å². The number of rotatable bonds is 3. The van der Waals surface area contributed by atoms with Crippen LogP contribution in [0.5, 0.6) is 0 Å². The lowest BCUT2D eigenvalue weighted by Gasteiger charge is -2.05. The Morgan fingerprint density at radius 3 is 2.63 bits per heavy atom. The fourth-order valence-electron chi connectivity index (χ4n) is 1.92. The number of carboxylic acids is 1. The monoisotopic (exact) mass is 253 g/mol. The normalized spacial score (nSPS) is 10.5. The molecule has 0 saturated carbocycles. The number of carboxylic acid groups (broad SMARTS) is 1. The highest BCUT2D eigenvalue weighted by Crippen LogP contribution is 2.21. The van der Waals surface area contributed by atoms with E-state index in [9.17, 15) is 4.79 Å². The number of aromatic carboxylic acids is 1. The molecule has 3 N–H and O–H groups in total. The van der Waals surface area contributed by atoms with Crippen molar-refractivity contribution in [2.45, 2.75) is 0 Å². The predicted octanol–water partition coefficient (Wildman–Crippen LogP) is 3.00. The SMILES string of the molecule is O=C(O)c1ccccc1Nc1nc2ccccc2[nH]1. The lowest BCUT2D eigenvalue weighted by atomic mass is 10.2. The Balaban J connectivity index is 1.99. The molecule has 0 atom stereocenters. The molecule has 2 aromatic carbocycles. The first-order valence-electron chi connectivity index (χ1n) is 5.78. The van der Waals surface area contributed by atoms with Crippen molar-refractivity contribution in [2.75, 3.05) is 5.32 Å². The van der Waals surface area contributed by atoms with Gasteiger partial charge in [-0.2, -0.15) is 0 Å². The Labute approximate surface area is 108 Å². The molecule has 1 heterocycles. The zero-order valence-corrected chi connectivity index (χ0v) is 9.92. The van der Waals surface area contributed by atoms with Crippen LogP contribution in [0.25, 0.3) is 11.0 Å². The summed E-state index contributed by atoms with van der Waals surface area (Å²) in [5.41, 5.74) is 2.45. The van der Waals surface area contributed by atoms with E-state index < -0.39 is 5.97 Å². The Morgan fingerprint density at radius 2 is 1.84 bits per heavy atom. The number of nitrogens with zero attached hydrogens (tertiary/aromatic N) is 1. The van der Waals surface area contributed by atoms with Crippen LogP contribution in [-0.2, 0) is 0 Å². The molecule has 1 aromatic heterocycles. The summed E-state index contributed by atoms with van der Waals surface area (Å²) in [6.07, 6.45) is 0. The number of fused-ring (bicyclic) bond motifs is 1. The molecule has 0 spiro atoms. The van der Waals surface area contributed by atoms with Gasteiger partial charge in [0.2, 0.25) is 5.95 Å². The highest BCUT2D eigenvalue weighted by molar-refractivity contribution is 5.95. The molecule has 0 aliphatic rings. The first kappa shape index (κ1) is 11.3. The molecule has 0 radical (unpaired) electrons. The second-order valence-corrected chi connectivity index (χ2v) is 4.08. The summed E-state index contributed by atoms with van der Waals surface area (Å²) in [4.78, 5) is 18.6. The number of benzene rings is 2. The number of aromatic amines is 1. The summed E-state index contributed by atoms with van der Waals surface area (Å²) in [7, 11) is 0. The summed E-state index contributed by atoms with van der Waals surface area (Å²) in [6, 6.07) is 14.3. The largest absolute Gasteiger partial charge is 0.478 e. The molecule has 3 aromatic rings. The topological polar surface area (TPSA) is 78.0 Å². The van der Waals surface area contributed by atoms with Gasteiger partial charge < -0.3 is 15.4 Å². The van der Waals surface area contributed by atoms with Crippen LogP contribution >= 0.6 is 0 Å². The van der Waals surface area contributed by atoms with Gasteiger partial charge in [0, 0.05) is 0 Å². The van der Waals surface area contributed by atoms with Crippen LogP contribution in [0.15, 0.2) is 48.5 Å². The number of hydrogen-bond donors (Lipinski definition) is 3. The molecular weight excluding hydrogens is 242 g/mol. The minimum absolute atomic E-state index is 0.211. The van der Waals surface area contributed by atoms with Gasteiger partial charge in [0.05, 0.1) is 22.3 Å². The number of anilines is 2. The summed E-state index contributed by atoms with van der Waals surface area (Å²) >= 11 is 0. The van der Waals surface area contributed by atoms with Gasteiger partial charge in [0.1, 0.15) is 0 Å². The predicted molar refractivity (Wildman–Crippen MR) is 72.8 cm³/mol. The molecule has 19 heavy (non-hydrogen) atoms. The van der Waals surface area contributed by atoms with Crippen LogP contribution in [0.2, 0.25) is 0 Å². The van der Waals surface area contributed by atoms with Crippen molar-refractivity contribution in [1.82, 2.24) is 9.97 Å². The van der Waals surface area contributed by atoms with Crippen molar-refractivity contribution in [3.8, 4) is 0 Å². The number of imidazole rings is 1. The second kappa shape index (κ2) is 4.45. The minimum atomic E-state index is -0.973. The van der Waals surface area contributed by atoms with E-state index in [1.807, 2.05) is 24.3 Å². The van der Waals surface area contributed by atoms with Gasteiger partial charge in [0.15, 0.2) is 0 Å². The zero-order chi connectivity index (χ0) is 13.2. The third-order valence-corrected chi connectivity index (χ3v) is 2.80. The van der Waals surface area contributed by atoms with Crippen molar-refractivity contribution in [3.05, 3.63) is 54.1 Å². The van der Waals surface area contributed by atoms with Crippen LogP contribution in [0.1, 0.15) is 10.4 Å². The molecule has 0 bridgehead atoms. The van der Waals surface area contributed by atoms with Crippen molar-refractivity contribution >= 4 is 28.6 Å². The van der Waals surface area contributed by atoms with Crippen LogP contribution in [0.3, 0.4) is 0 Å². The summed E-state index contributed by atoms with van der Waals surface area (Å²) in [5, 5.41) is 12.1. The van der Waals surface area contributed by atoms with E-state index in [4.69, 9.17) is 5.11 Å². The van der Waals surface area contributed by atoms with Crippen molar-refractivity contribution < 1.29 is 9.90 Å². The van der Waals surface area contributed by atoms with E-state index in [1.54, 1.807) is 24.3 Å². The highest BCUT2D eigenvalue weighted by atomic mass is 16.4. The maximum absolute atomic E-state index is 11.1. The van der Waals surface area contributed by atoms with Crippen LogP contribution in [0.4, 0.5) is 11.6 Å². The number of para-hydroxylation sites is 3. The van der Waals surface area contributed by atoms with Crippen LogP contribution < -0.4 is 5.32 Å². The first-order chi connectivity index (χ1) is 9.24. The Kier molecular flexibility index (Phi) is 2.64. The number of nitrogens with one attached hydrogen (secondary N) is 2. The standard InChI is InChI=1S/C14H11N3O2/c18-13(19)9-5-1-2-6-10(9)15-14-16-11-7-3-4-8-12(11)17-14/h1-8H,(H,18,19)(H2,15,16,17). The molecular formula is C14H11N3O2.